The molecule has 0 aliphatic carbocycles. The van der Waals surface area contributed by atoms with Crippen LogP contribution >= 0.6 is 27.7 Å². The third-order valence-electron chi connectivity index (χ3n) is 4.24. The molecule has 1 saturated heterocycles. The molecule has 0 unspecified atom stereocenters. The van der Waals surface area contributed by atoms with Crippen molar-refractivity contribution in [3.63, 3.8) is 0 Å². The summed E-state index contributed by atoms with van der Waals surface area (Å²) in [5, 5.41) is 5.81. The van der Waals surface area contributed by atoms with Gasteiger partial charge in [-0.15, -0.1) is 11.8 Å². The number of likely N-dealkylation sites (tertiary alicyclic amines) is 1. The summed E-state index contributed by atoms with van der Waals surface area (Å²) < 4.78 is 0.897. The van der Waals surface area contributed by atoms with E-state index in [2.05, 4.69) is 26.6 Å². The van der Waals surface area contributed by atoms with Crippen LogP contribution in [-0.4, -0.2) is 53.3 Å². The summed E-state index contributed by atoms with van der Waals surface area (Å²) in [6.45, 7) is 5.18. The van der Waals surface area contributed by atoms with E-state index in [0.29, 0.717) is 13.1 Å². The van der Waals surface area contributed by atoms with Crippen molar-refractivity contribution >= 4 is 51.1 Å². The topological polar surface area (TPSA) is 78.5 Å². The Balaban J connectivity index is 1.62. The largest absolute Gasteiger partial charge is 0.353 e. The second-order valence-electron chi connectivity index (χ2n) is 6.87. The summed E-state index contributed by atoms with van der Waals surface area (Å²) in [5.74, 6) is 0.455. The van der Waals surface area contributed by atoms with Gasteiger partial charge in [-0.2, -0.15) is 0 Å². The highest BCUT2D eigenvalue weighted by molar-refractivity contribution is 9.10. The summed E-state index contributed by atoms with van der Waals surface area (Å²) in [4.78, 5) is 37.8. The Bertz CT molecular complexity index is 676. The van der Waals surface area contributed by atoms with E-state index in [0.717, 1.165) is 23.0 Å². The number of rotatable bonds is 7. The lowest BCUT2D eigenvalue weighted by Gasteiger charge is -2.33. The Hall–Kier alpha value is -1.54. The van der Waals surface area contributed by atoms with Crippen LogP contribution in [-0.2, 0) is 14.4 Å². The summed E-state index contributed by atoms with van der Waals surface area (Å²) in [7, 11) is 0. The maximum absolute atomic E-state index is 12.1. The van der Waals surface area contributed by atoms with Crippen molar-refractivity contribution in [3.05, 3.63) is 28.7 Å². The van der Waals surface area contributed by atoms with Crippen LogP contribution in [0, 0.1) is 5.92 Å². The average molecular weight is 456 g/mol. The van der Waals surface area contributed by atoms with Gasteiger partial charge in [0.1, 0.15) is 0 Å². The average Bonchev–Trinajstić information content (AvgIpc) is 2.61. The van der Waals surface area contributed by atoms with Crippen LogP contribution in [0.15, 0.2) is 28.7 Å². The number of hydrogen-bond donors (Lipinski definition) is 2. The molecule has 2 N–H and O–H groups in total. The van der Waals surface area contributed by atoms with Crippen molar-refractivity contribution in [1.82, 2.24) is 10.2 Å². The second-order valence-corrected chi connectivity index (χ2v) is 8.77. The SMILES string of the molecule is CC(C)C(=O)N1CCC(NC(=O)CSCC(=O)Nc2cccc(Br)c2)CC1. The minimum Gasteiger partial charge on any atom is -0.353 e. The third-order valence-corrected chi connectivity index (χ3v) is 5.67. The number of thioether (sulfide) groups is 1. The minimum atomic E-state index is -0.133. The van der Waals surface area contributed by atoms with E-state index < -0.39 is 0 Å². The molecule has 1 fully saturated rings. The lowest BCUT2D eigenvalue weighted by Crippen LogP contribution is -2.47. The Morgan fingerprint density at radius 1 is 1.19 bits per heavy atom. The molecule has 0 bridgehead atoms. The normalized spacial score (nSPS) is 14.9. The number of nitrogens with zero attached hydrogens (tertiary/aromatic N) is 1. The van der Waals surface area contributed by atoms with Gasteiger partial charge in [0.15, 0.2) is 0 Å². The fraction of sp³-hybridized carbons (Fsp3) is 0.526. The molecule has 6 nitrogen and oxygen atoms in total. The number of nitrogens with one attached hydrogen (secondary N) is 2. The first kappa shape index (κ1) is 21.8. The summed E-state index contributed by atoms with van der Waals surface area (Å²) in [5.41, 5.74) is 0.724. The molecule has 1 aromatic rings. The number of benzene rings is 1. The van der Waals surface area contributed by atoms with Crippen LogP contribution in [0.2, 0.25) is 0 Å². The van der Waals surface area contributed by atoms with Crippen LogP contribution in [0.3, 0.4) is 0 Å². The van der Waals surface area contributed by atoms with Gasteiger partial charge in [0, 0.05) is 35.2 Å². The first-order valence-corrected chi connectivity index (χ1v) is 11.0. The predicted octanol–water partition coefficient (Wildman–Crippen LogP) is 2.88. The second kappa shape index (κ2) is 10.7. The van der Waals surface area contributed by atoms with Crippen LogP contribution in [0.4, 0.5) is 5.69 Å². The number of anilines is 1. The molecule has 0 radical (unpaired) electrons. The van der Waals surface area contributed by atoms with Gasteiger partial charge < -0.3 is 15.5 Å². The van der Waals surface area contributed by atoms with Gasteiger partial charge in [0.05, 0.1) is 11.5 Å². The maximum Gasteiger partial charge on any atom is 0.234 e. The first-order chi connectivity index (χ1) is 12.8. The van der Waals surface area contributed by atoms with Gasteiger partial charge in [-0.1, -0.05) is 35.8 Å². The van der Waals surface area contributed by atoms with Crippen LogP contribution in [0.5, 0.6) is 0 Å². The Kier molecular flexibility index (Phi) is 8.63. The Morgan fingerprint density at radius 3 is 2.48 bits per heavy atom. The number of amides is 3. The number of carbonyl (C=O) groups is 3. The highest BCUT2D eigenvalue weighted by Gasteiger charge is 2.25. The summed E-state index contributed by atoms with van der Waals surface area (Å²) >= 11 is 4.65. The third kappa shape index (κ3) is 7.54. The lowest BCUT2D eigenvalue weighted by molar-refractivity contribution is -0.135. The molecule has 27 heavy (non-hydrogen) atoms. The lowest BCUT2D eigenvalue weighted by atomic mass is 10.0. The molecule has 0 atom stereocenters. The van der Waals surface area contributed by atoms with Crippen molar-refractivity contribution < 1.29 is 14.4 Å². The van der Waals surface area contributed by atoms with E-state index in [4.69, 9.17) is 0 Å². The molecule has 0 spiro atoms. The van der Waals surface area contributed by atoms with Crippen molar-refractivity contribution in [2.75, 3.05) is 29.9 Å². The summed E-state index contributed by atoms with van der Waals surface area (Å²) in [6.07, 6.45) is 1.55. The molecule has 1 aliphatic heterocycles. The molecule has 148 valence electrons. The van der Waals surface area contributed by atoms with Gasteiger partial charge >= 0.3 is 0 Å². The molecule has 2 rings (SSSR count). The predicted molar refractivity (Wildman–Crippen MR) is 113 cm³/mol. The van der Waals surface area contributed by atoms with E-state index in [1.807, 2.05) is 43.0 Å². The highest BCUT2D eigenvalue weighted by atomic mass is 79.9. The van der Waals surface area contributed by atoms with Gasteiger partial charge in [-0.3, -0.25) is 14.4 Å². The zero-order chi connectivity index (χ0) is 19.8. The Labute approximate surface area is 173 Å². The molecule has 3 amide bonds. The van der Waals surface area contributed by atoms with Gasteiger partial charge in [-0.25, -0.2) is 0 Å². The van der Waals surface area contributed by atoms with Crippen molar-refractivity contribution in [2.45, 2.75) is 32.7 Å². The van der Waals surface area contributed by atoms with E-state index in [-0.39, 0.29) is 41.2 Å². The zero-order valence-electron chi connectivity index (χ0n) is 15.7. The highest BCUT2D eigenvalue weighted by Crippen LogP contribution is 2.16. The standard InChI is InChI=1S/C19H26BrN3O3S/c1-13(2)19(26)23-8-6-15(7-9-23)21-17(24)11-27-12-18(25)22-16-5-3-4-14(20)10-16/h3-5,10,13,15H,6-9,11-12H2,1-2H3,(H,21,24)(H,22,25). The monoisotopic (exact) mass is 455 g/mol. The molecule has 1 aromatic carbocycles. The van der Waals surface area contributed by atoms with E-state index in [9.17, 15) is 14.4 Å². The van der Waals surface area contributed by atoms with Crippen molar-refractivity contribution in [3.8, 4) is 0 Å². The number of halogens is 1. The fourth-order valence-electron chi connectivity index (χ4n) is 2.88. The van der Waals surface area contributed by atoms with Crippen LogP contribution in [0.1, 0.15) is 26.7 Å². The van der Waals surface area contributed by atoms with E-state index in [1.54, 1.807) is 0 Å². The van der Waals surface area contributed by atoms with Crippen LogP contribution < -0.4 is 10.6 Å². The minimum absolute atomic E-state index is 0.00989. The van der Waals surface area contributed by atoms with Crippen molar-refractivity contribution in [1.29, 1.82) is 0 Å². The van der Waals surface area contributed by atoms with Gasteiger partial charge in [0.2, 0.25) is 17.7 Å². The van der Waals surface area contributed by atoms with Crippen LogP contribution in [0.25, 0.3) is 0 Å². The number of hydrogen-bond acceptors (Lipinski definition) is 4. The molecule has 0 aromatic heterocycles. The van der Waals surface area contributed by atoms with Gasteiger partial charge in [-0.05, 0) is 31.0 Å². The first-order valence-electron chi connectivity index (χ1n) is 9.06. The quantitative estimate of drug-likeness (QED) is 0.662. The molecule has 0 saturated carbocycles. The van der Waals surface area contributed by atoms with E-state index in [1.165, 1.54) is 11.8 Å². The van der Waals surface area contributed by atoms with Crippen molar-refractivity contribution in [2.24, 2.45) is 5.92 Å². The summed E-state index contributed by atoms with van der Waals surface area (Å²) in [6, 6.07) is 7.48. The zero-order valence-corrected chi connectivity index (χ0v) is 18.1. The molecular weight excluding hydrogens is 430 g/mol. The maximum atomic E-state index is 12.1. The molecular formula is C19H26BrN3O3S. The molecule has 1 heterocycles. The fourth-order valence-corrected chi connectivity index (χ4v) is 3.91. The Morgan fingerprint density at radius 2 is 1.85 bits per heavy atom. The number of carbonyl (C=O) groups excluding carboxylic acids is 3. The smallest absolute Gasteiger partial charge is 0.234 e. The van der Waals surface area contributed by atoms with E-state index >= 15 is 0 Å². The number of piperidine rings is 1. The molecule has 8 heteroatoms. The molecule has 1 aliphatic rings. The van der Waals surface area contributed by atoms with Gasteiger partial charge in [0.25, 0.3) is 0 Å².